The molecule has 2 heteroatoms. The fourth-order valence-corrected chi connectivity index (χ4v) is 2.09. The summed E-state index contributed by atoms with van der Waals surface area (Å²) < 4.78 is 0. The molecule has 2 nitrogen and oxygen atoms in total. The van der Waals surface area contributed by atoms with E-state index in [1.165, 1.54) is 25.1 Å². The van der Waals surface area contributed by atoms with Crippen LogP contribution in [0.1, 0.15) is 26.2 Å². The summed E-state index contributed by atoms with van der Waals surface area (Å²) >= 11 is 0. The summed E-state index contributed by atoms with van der Waals surface area (Å²) in [5, 5.41) is 0. The van der Waals surface area contributed by atoms with Crippen LogP contribution in [0.2, 0.25) is 0 Å². The standard InChI is InChI=1S/C8H14N2/c1-6-9-7-4-3-5-8(7)10(6)2/h7-8H,3-5H2,1-2H3. The molecule has 2 atom stereocenters. The van der Waals surface area contributed by atoms with E-state index in [0.717, 1.165) is 6.04 Å². The van der Waals surface area contributed by atoms with E-state index >= 15 is 0 Å². The molecular formula is C8H14N2. The van der Waals surface area contributed by atoms with Crippen LogP contribution in [0.5, 0.6) is 0 Å². The van der Waals surface area contributed by atoms with Crippen molar-refractivity contribution < 1.29 is 0 Å². The van der Waals surface area contributed by atoms with Gasteiger partial charge in [0.15, 0.2) is 0 Å². The first-order valence-electron chi connectivity index (χ1n) is 4.06. The first-order chi connectivity index (χ1) is 4.79. The molecule has 56 valence electrons. The van der Waals surface area contributed by atoms with Gasteiger partial charge in [-0.2, -0.15) is 0 Å². The zero-order valence-corrected chi connectivity index (χ0v) is 6.67. The van der Waals surface area contributed by atoms with Crippen molar-refractivity contribution in [3.05, 3.63) is 0 Å². The molecule has 0 saturated heterocycles. The van der Waals surface area contributed by atoms with Crippen molar-refractivity contribution in [3.8, 4) is 0 Å². The molecular weight excluding hydrogens is 124 g/mol. The van der Waals surface area contributed by atoms with Crippen LogP contribution in [-0.4, -0.2) is 29.9 Å². The summed E-state index contributed by atoms with van der Waals surface area (Å²) in [6.45, 7) is 2.11. The zero-order chi connectivity index (χ0) is 7.14. The molecule has 0 radical (unpaired) electrons. The minimum atomic E-state index is 0.644. The quantitative estimate of drug-likeness (QED) is 0.492. The first-order valence-corrected chi connectivity index (χ1v) is 4.06. The molecule has 1 aliphatic carbocycles. The van der Waals surface area contributed by atoms with Gasteiger partial charge in [0.2, 0.25) is 0 Å². The largest absolute Gasteiger partial charge is 0.359 e. The summed E-state index contributed by atoms with van der Waals surface area (Å²) in [7, 11) is 2.16. The normalized spacial score (nSPS) is 38.2. The molecule has 0 bridgehead atoms. The highest BCUT2D eigenvalue weighted by molar-refractivity contribution is 5.82. The van der Waals surface area contributed by atoms with E-state index in [-0.39, 0.29) is 0 Å². The van der Waals surface area contributed by atoms with E-state index < -0.39 is 0 Å². The third-order valence-corrected chi connectivity index (χ3v) is 2.80. The Morgan fingerprint density at radius 1 is 1.50 bits per heavy atom. The molecule has 1 heterocycles. The lowest BCUT2D eigenvalue weighted by Gasteiger charge is -2.19. The van der Waals surface area contributed by atoms with Gasteiger partial charge in [-0.15, -0.1) is 0 Å². The SMILES string of the molecule is CC1=NC2CCCC2N1C. The average Bonchev–Trinajstić information content (AvgIpc) is 2.41. The number of hydrogen-bond acceptors (Lipinski definition) is 2. The molecule has 1 aliphatic heterocycles. The Morgan fingerprint density at radius 3 is 3.00 bits per heavy atom. The van der Waals surface area contributed by atoms with Crippen molar-refractivity contribution >= 4 is 5.84 Å². The molecule has 1 saturated carbocycles. The van der Waals surface area contributed by atoms with Crippen LogP contribution in [0.4, 0.5) is 0 Å². The maximum absolute atomic E-state index is 4.57. The van der Waals surface area contributed by atoms with Crippen molar-refractivity contribution in [2.75, 3.05) is 7.05 Å². The van der Waals surface area contributed by atoms with Gasteiger partial charge in [0.25, 0.3) is 0 Å². The molecule has 1 fully saturated rings. The lowest BCUT2D eigenvalue weighted by molar-refractivity contribution is 0.379. The highest BCUT2D eigenvalue weighted by Gasteiger charge is 2.35. The molecule has 0 spiro atoms. The van der Waals surface area contributed by atoms with Gasteiger partial charge in [-0.1, -0.05) is 0 Å². The van der Waals surface area contributed by atoms with E-state index in [4.69, 9.17) is 0 Å². The summed E-state index contributed by atoms with van der Waals surface area (Å²) in [6, 6.07) is 1.39. The summed E-state index contributed by atoms with van der Waals surface area (Å²) in [4.78, 5) is 6.91. The molecule has 0 N–H and O–H groups in total. The number of amidine groups is 1. The third kappa shape index (κ3) is 0.678. The Morgan fingerprint density at radius 2 is 2.30 bits per heavy atom. The number of aliphatic imine (C=N–C) groups is 1. The van der Waals surface area contributed by atoms with E-state index in [2.05, 4.69) is 23.9 Å². The summed E-state index contributed by atoms with van der Waals surface area (Å²) in [5.74, 6) is 1.23. The minimum Gasteiger partial charge on any atom is -0.359 e. The second-order valence-corrected chi connectivity index (χ2v) is 3.35. The fourth-order valence-electron chi connectivity index (χ4n) is 2.09. The van der Waals surface area contributed by atoms with Gasteiger partial charge in [0.1, 0.15) is 0 Å². The fraction of sp³-hybridized carbons (Fsp3) is 0.875. The van der Waals surface area contributed by atoms with Gasteiger partial charge in [-0.05, 0) is 26.2 Å². The second kappa shape index (κ2) is 1.97. The highest BCUT2D eigenvalue weighted by Crippen LogP contribution is 2.30. The third-order valence-electron chi connectivity index (χ3n) is 2.80. The minimum absolute atomic E-state index is 0.644. The van der Waals surface area contributed by atoms with Crippen molar-refractivity contribution in [2.24, 2.45) is 4.99 Å². The molecule has 2 unspecified atom stereocenters. The molecule has 0 aromatic carbocycles. The Bertz CT molecular complexity index is 174. The maximum Gasteiger partial charge on any atom is 0.0962 e. The lowest BCUT2D eigenvalue weighted by atomic mass is 10.2. The van der Waals surface area contributed by atoms with Gasteiger partial charge in [0.05, 0.1) is 17.9 Å². The molecule has 0 amide bonds. The van der Waals surface area contributed by atoms with Gasteiger partial charge in [0, 0.05) is 7.05 Å². The number of likely N-dealkylation sites (N-methyl/N-ethyl adjacent to an activating group) is 1. The van der Waals surface area contributed by atoms with Crippen LogP contribution in [0, 0.1) is 0 Å². The maximum atomic E-state index is 4.57. The number of hydrogen-bond donors (Lipinski definition) is 0. The van der Waals surface area contributed by atoms with Crippen LogP contribution < -0.4 is 0 Å². The molecule has 0 aromatic rings. The molecule has 2 aliphatic rings. The van der Waals surface area contributed by atoms with E-state index in [1.54, 1.807) is 0 Å². The predicted molar refractivity (Wildman–Crippen MR) is 42.3 cm³/mol. The molecule has 2 rings (SSSR count). The Labute approximate surface area is 61.9 Å². The monoisotopic (exact) mass is 138 g/mol. The number of nitrogens with zero attached hydrogens (tertiary/aromatic N) is 2. The number of rotatable bonds is 0. The predicted octanol–water partition coefficient (Wildman–Crippen LogP) is 1.27. The molecule has 10 heavy (non-hydrogen) atoms. The van der Waals surface area contributed by atoms with Crippen LogP contribution in [0.15, 0.2) is 4.99 Å². The Balaban J connectivity index is 2.20. The van der Waals surface area contributed by atoms with Gasteiger partial charge >= 0.3 is 0 Å². The van der Waals surface area contributed by atoms with Gasteiger partial charge in [-0.25, -0.2) is 0 Å². The van der Waals surface area contributed by atoms with Gasteiger partial charge in [-0.3, -0.25) is 4.99 Å². The first kappa shape index (κ1) is 6.20. The van der Waals surface area contributed by atoms with E-state index in [9.17, 15) is 0 Å². The summed E-state index contributed by atoms with van der Waals surface area (Å²) in [5.41, 5.74) is 0. The van der Waals surface area contributed by atoms with Crippen molar-refractivity contribution in [1.82, 2.24) is 4.90 Å². The van der Waals surface area contributed by atoms with Crippen molar-refractivity contribution in [1.29, 1.82) is 0 Å². The second-order valence-electron chi connectivity index (χ2n) is 3.35. The Hall–Kier alpha value is -0.530. The topological polar surface area (TPSA) is 15.6 Å². The average molecular weight is 138 g/mol. The number of fused-ring (bicyclic) bond motifs is 1. The van der Waals surface area contributed by atoms with E-state index in [1.807, 2.05) is 0 Å². The summed E-state index contributed by atoms with van der Waals surface area (Å²) in [6.07, 6.45) is 4.03. The Kier molecular flexibility index (Phi) is 1.22. The van der Waals surface area contributed by atoms with E-state index in [0.29, 0.717) is 6.04 Å². The lowest BCUT2D eigenvalue weighted by Crippen LogP contribution is -2.32. The van der Waals surface area contributed by atoms with Gasteiger partial charge < -0.3 is 4.90 Å². The van der Waals surface area contributed by atoms with Crippen LogP contribution in [0.25, 0.3) is 0 Å². The van der Waals surface area contributed by atoms with Crippen molar-refractivity contribution in [2.45, 2.75) is 38.3 Å². The highest BCUT2D eigenvalue weighted by atomic mass is 15.3. The van der Waals surface area contributed by atoms with Crippen LogP contribution in [0.3, 0.4) is 0 Å². The smallest absolute Gasteiger partial charge is 0.0962 e. The van der Waals surface area contributed by atoms with Crippen molar-refractivity contribution in [3.63, 3.8) is 0 Å². The van der Waals surface area contributed by atoms with Crippen LogP contribution in [-0.2, 0) is 0 Å². The zero-order valence-electron chi connectivity index (χ0n) is 6.67. The van der Waals surface area contributed by atoms with Crippen LogP contribution >= 0.6 is 0 Å². The molecule has 0 aromatic heterocycles.